The molecule has 4 rings (SSSR count). The predicted octanol–water partition coefficient (Wildman–Crippen LogP) is 2.27. The molecule has 0 saturated heterocycles. The van der Waals surface area contributed by atoms with Crippen LogP contribution in [0.2, 0.25) is 0 Å². The number of nitrogens with two attached hydrogens (primary N) is 1. The number of hydrogen-bond acceptors (Lipinski definition) is 6. The molecule has 1 aromatic carbocycles. The van der Waals surface area contributed by atoms with Gasteiger partial charge in [0.25, 0.3) is 6.01 Å². The van der Waals surface area contributed by atoms with Gasteiger partial charge in [0.1, 0.15) is 11.3 Å². The standard InChI is InChI=1S/C19H19N3O4/c1-9-12(15(23)26-18(2,3)4)19(16(24)21-9)11-8-6-5-7-10(11)13-14(19)22-17(20)25-13/h5-8H,1-4H3,(H2,20,22)(H,21,24)/t19-/m0/s1. The highest BCUT2D eigenvalue weighted by atomic mass is 16.6. The first-order valence-electron chi connectivity index (χ1n) is 8.29. The first-order valence-corrected chi connectivity index (χ1v) is 8.29. The van der Waals surface area contributed by atoms with E-state index in [1.165, 1.54) is 0 Å². The summed E-state index contributed by atoms with van der Waals surface area (Å²) in [7, 11) is 0. The maximum atomic E-state index is 13.1. The van der Waals surface area contributed by atoms with Crippen molar-refractivity contribution in [2.45, 2.75) is 38.7 Å². The first kappa shape index (κ1) is 16.4. The van der Waals surface area contributed by atoms with Gasteiger partial charge in [-0.25, -0.2) is 4.79 Å². The second-order valence-corrected chi connectivity index (χ2v) is 7.48. The SMILES string of the molecule is CC1=C(C(=O)OC(C)(C)C)[C@@]2(C(=O)N1)c1ccccc1-c1oc(N)nc12. The first-order chi connectivity index (χ1) is 12.2. The summed E-state index contributed by atoms with van der Waals surface area (Å²) in [6.07, 6.45) is 0. The number of fused-ring (bicyclic) bond motifs is 5. The summed E-state index contributed by atoms with van der Waals surface area (Å²) in [5, 5.41) is 2.77. The summed E-state index contributed by atoms with van der Waals surface area (Å²) in [6.45, 7) is 7.01. The van der Waals surface area contributed by atoms with Crippen LogP contribution in [0, 0.1) is 0 Å². The van der Waals surface area contributed by atoms with Gasteiger partial charge in [0.2, 0.25) is 5.91 Å². The minimum absolute atomic E-state index is 0.0511. The Bertz CT molecular complexity index is 996. The van der Waals surface area contributed by atoms with Crippen molar-refractivity contribution in [2.75, 3.05) is 5.73 Å². The lowest BCUT2D eigenvalue weighted by molar-refractivity contribution is -0.151. The van der Waals surface area contributed by atoms with E-state index in [4.69, 9.17) is 14.9 Å². The lowest BCUT2D eigenvalue weighted by Gasteiger charge is -2.27. The highest BCUT2D eigenvalue weighted by Crippen LogP contribution is 2.55. The Hall–Kier alpha value is -3.09. The molecule has 2 heterocycles. The second kappa shape index (κ2) is 4.97. The summed E-state index contributed by atoms with van der Waals surface area (Å²) in [6, 6.07) is 7.21. The number of aromatic nitrogens is 1. The zero-order valence-electron chi connectivity index (χ0n) is 15.0. The number of amides is 1. The van der Waals surface area contributed by atoms with Crippen molar-refractivity contribution in [3.8, 4) is 11.3 Å². The lowest BCUT2D eigenvalue weighted by Crippen LogP contribution is -2.41. The average Bonchev–Trinajstić information content (AvgIpc) is 3.10. The van der Waals surface area contributed by atoms with Crippen LogP contribution in [0.1, 0.15) is 39.0 Å². The van der Waals surface area contributed by atoms with E-state index in [0.29, 0.717) is 28.3 Å². The molecule has 0 unspecified atom stereocenters. The van der Waals surface area contributed by atoms with Gasteiger partial charge in [-0.3, -0.25) is 4.79 Å². The molecule has 0 radical (unpaired) electrons. The van der Waals surface area contributed by atoms with Crippen LogP contribution < -0.4 is 11.1 Å². The Morgan fingerprint density at radius 1 is 1.31 bits per heavy atom. The summed E-state index contributed by atoms with van der Waals surface area (Å²) >= 11 is 0. The van der Waals surface area contributed by atoms with E-state index in [9.17, 15) is 9.59 Å². The molecule has 26 heavy (non-hydrogen) atoms. The normalized spacial score (nSPS) is 21.0. The van der Waals surface area contributed by atoms with Gasteiger partial charge in [-0.2, -0.15) is 4.98 Å². The number of nitrogen functional groups attached to an aromatic ring is 1. The number of hydrogen-bond donors (Lipinski definition) is 2. The van der Waals surface area contributed by atoms with E-state index < -0.39 is 17.0 Å². The van der Waals surface area contributed by atoms with Crippen molar-refractivity contribution in [3.05, 3.63) is 46.8 Å². The van der Waals surface area contributed by atoms with Gasteiger partial charge in [0.15, 0.2) is 11.2 Å². The Kier molecular flexibility index (Phi) is 3.13. The number of allylic oxidation sites excluding steroid dienone is 1. The van der Waals surface area contributed by atoms with Crippen LogP contribution in [0.3, 0.4) is 0 Å². The number of esters is 1. The zero-order valence-corrected chi connectivity index (χ0v) is 15.0. The maximum Gasteiger partial charge on any atom is 0.338 e. The van der Waals surface area contributed by atoms with Gasteiger partial charge < -0.3 is 20.2 Å². The van der Waals surface area contributed by atoms with E-state index in [1.54, 1.807) is 33.8 Å². The second-order valence-electron chi connectivity index (χ2n) is 7.48. The van der Waals surface area contributed by atoms with E-state index in [2.05, 4.69) is 10.3 Å². The zero-order chi connectivity index (χ0) is 18.9. The third-order valence-corrected chi connectivity index (χ3v) is 4.57. The van der Waals surface area contributed by atoms with Gasteiger partial charge in [0.05, 0.1) is 5.57 Å². The Balaban J connectivity index is 2.02. The highest BCUT2D eigenvalue weighted by Gasteiger charge is 2.61. The molecule has 1 aliphatic carbocycles. The molecule has 2 aromatic rings. The molecular formula is C19H19N3O4. The third-order valence-electron chi connectivity index (χ3n) is 4.57. The molecular weight excluding hydrogens is 334 g/mol. The molecule has 0 bridgehead atoms. The van der Waals surface area contributed by atoms with Crippen LogP contribution in [0.25, 0.3) is 11.3 Å². The quantitative estimate of drug-likeness (QED) is 0.762. The molecule has 1 aromatic heterocycles. The van der Waals surface area contributed by atoms with Crippen LogP contribution in [-0.4, -0.2) is 22.5 Å². The molecule has 7 nitrogen and oxygen atoms in total. The largest absolute Gasteiger partial charge is 0.457 e. The summed E-state index contributed by atoms with van der Waals surface area (Å²) in [4.78, 5) is 30.4. The molecule has 0 saturated carbocycles. The topological polar surface area (TPSA) is 107 Å². The van der Waals surface area contributed by atoms with Crippen molar-refractivity contribution in [2.24, 2.45) is 0 Å². The van der Waals surface area contributed by atoms with Crippen LogP contribution in [-0.2, 0) is 19.7 Å². The van der Waals surface area contributed by atoms with E-state index in [1.807, 2.05) is 18.2 Å². The highest BCUT2D eigenvalue weighted by molar-refractivity contribution is 6.14. The molecule has 7 heteroatoms. The van der Waals surface area contributed by atoms with Crippen molar-refractivity contribution in [3.63, 3.8) is 0 Å². The summed E-state index contributed by atoms with van der Waals surface area (Å²) in [5.74, 6) is -0.531. The molecule has 134 valence electrons. The smallest absolute Gasteiger partial charge is 0.338 e. The number of anilines is 1. The molecule has 1 atom stereocenters. The van der Waals surface area contributed by atoms with E-state index in [0.717, 1.165) is 0 Å². The fourth-order valence-corrected chi connectivity index (χ4v) is 3.75. The Morgan fingerprint density at radius 2 is 2.00 bits per heavy atom. The van der Waals surface area contributed by atoms with Crippen molar-refractivity contribution < 1.29 is 18.7 Å². The summed E-state index contributed by atoms with van der Waals surface area (Å²) in [5.41, 5.74) is 5.95. The fourth-order valence-electron chi connectivity index (χ4n) is 3.75. The van der Waals surface area contributed by atoms with Crippen molar-refractivity contribution in [1.29, 1.82) is 0 Å². The number of rotatable bonds is 1. The lowest BCUT2D eigenvalue weighted by atomic mass is 9.74. The van der Waals surface area contributed by atoms with Crippen molar-refractivity contribution >= 4 is 17.9 Å². The molecule has 1 spiro atoms. The molecule has 2 aliphatic rings. The molecule has 3 N–H and O–H groups in total. The van der Waals surface area contributed by atoms with E-state index >= 15 is 0 Å². The van der Waals surface area contributed by atoms with Crippen molar-refractivity contribution in [1.82, 2.24) is 10.3 Å². The maximum absolute atomic E-state index is 13.1. The third kappa shape index (κ3) is 1.97. The number of carbonyl (C=O) groups is 2. The minimum atomic E-state index is -1.42. The number of nitrogens with one attached hydrogen (secondary N) is 1. The number of benzene rings is 1. The van der Waals surface area contributed by atoms with Crippen LogP contribution in [0.15, 0.2) is 40.0 Å². The number of nitrogens with zero attached hydrogens (tertiary/aromatic N) is 1. The van der Waals surface area contributed by atoms with Gasteiger partial charge >= 0.3 is 5.97 Å². The average molecular weight is 353 g/mol. The van der Waals surface area contributed by atoms with E-state index in [-0.39, 0.29) is 17.5 Å². The minimum Gasteiger partial charge on any atom is -0.457 e. The summed E-state index contributed by atoms with van der Waals surface area (Å²) < 4.78 is 11.1. The number of ether oxygens (including phenoxy) is 1. The number of carbonyl (C=O) groups excluding carboxylic acids is 2. The van der Waals surface area contributed by atoms with Gasteiger partial charge in [-0.1, -0.05) is 24.3 Å². The molecule has 0 fully saturated rings. The fraction of sp³-hybridized carbons (Fsp3) is 0.316. The van der Waals surface area contributed by atoms with Gasteiger partial charge in [0, 0.05) is 11.3 Å². The monoisotopic (exact) mass is 353 g/mol. The van der Waals surface area contributed by atoms with Gasteiger partial charge in [-0.05, 0) is 33.3 Å². The van der Waals surface area contributed by atoms with Crippen LogP contribution in [0.4, 0.5) is 6.01 Å². The predicted molar refractivity (Wildman–Crippen MR) is 93.8 cm³/mol. The Labute approximate surface area is 150 Å². The van der Waals surface area contributed by atoms with Crippen LogP contribution >= 0.6 is 0 Å². The van der Waals surface area contributed by atoms with Gasteiger partial charge in [-0.15, -0.1) is 0 Å². The Morgan fingerprint density at radius 3 is 2.69 bits per heavy atom. The van der Waals surface area contributed by atoms with Crippen LogP contribution in [0.5, 0.6) is 0 Å². The molecule has 1 amide bonds. The molecule has 1 aliphatic heterocycles. The number of oxazole rings is 1.